The number of hydrogen-bond donors (Lipinski definition) is 2. The third kappa shape index (κ3) is 3.91. The second-order valence-electron chi connectivity index (χ2n) is 6.00. The van der Waals surface area contributed by atoms with Gasteiger partial charge in [0.15, 0.2) is 11.5 Å². The van der Waals surface area contributed by atoms with Crippen molar-refractivity contribution < 1.29 is 14.3 Å². The first-order valence-electron chi connectivity index (χ1n) is 8.36. The van der Waals surface area contributed by atoms with E-state index in [9.17, 15) is 4.79 Å². The molecule has 1 aromatic heterocycles. The van der Waals surface area contributed by atoms with Crippen molar-refractivity contribution in [3.63, 3.8) is 0 Å². The summed E-state index contributed by atoms with van der Waals surface area (Å²) in [5, 5.41) is 9.22. The van der Waals surface area contributed by atoms with Gasteiger partial charge in [-0.1, -0.05) is 24.3 Å². The van der Waals surface area contributed by atoms with Crippen molar-refractivity contribution >= 4 is 33.1 Å². The number of benzene rings is 2. The lowest BCUT2D eigenvalue weighted by molar-refractivity contribution is 0.249. The van der Waals surface area contributed by atoms with Crippen LogP contribution >= 0.6 is 11.3 Å². The first-order valence-corrected chi connectivity index (χ1v) is 9.24. The molecule has 0 spiro atoms. The lowest BCUT2D eigenvalue weighted by Gasteiger charge is -2.17. The van der Waals surface area contributed by atoms with Crippen molar-refractivity contribution in [3.05, 3.63) is 53.4 Å². The zero-order chi connectivity index (χ0) is 18.5. The van der Waals surface area contributed by atoms with Crippen LogP contribution in [0.15, 0.2) is 47.8 Å². The van der Waals surface area contributed by atoms with Gasteiger partial charge in [0.2, 0.25) is 0 Å². The van der Waals surface area contributed by atoms with Crippen molar-refractivity contribution in [2.24, 2.45) is 0 Å². The third-order valence-electron chi connectivity index (χ3n) is 4.12. The summed E-state index contributed by atoms with van der Waals surface area (Å²) in [4.78, 5) is 12.4. The number of anilines is 1. The molecule has 3 aromatic rings. The van der Waals surface area contributed by atoms with Crippen LogP contribution in [0.5, 0.6) is 11.5 Å². The maximum Gasteiger partial charge on any atom is 0.319 e. The van der Waals surface area contributed by atoms with Gasteiger partial charge in [0.1, 0.15) is 0 Å². The second kappa shape index (κ2) is 8.10. The molecular weight excluding hydrogens is 348 g/mol. The Morgan fingerprint density at radius 2 is 1.92 bits per heavy atom. The molecule has 3 rings (SSSR count). The quantitative estimate of drug-likeness (QED) is 0.663. The molecule has 2 amide bonds. The van der Waals surface area contributed by atoms with E-state index in [-0.39, 0.29) is 12.1 Å². The molecule has 6 heteroatoms. The molecule has 0 aliphatic carbocycles. The fourth-order valence-electron chi connectivity index (χ4n) is 2.94. The van der Waals surface area contributed by atoms with E-state index in [1.165, 1.54) is 15.6 Å². The van der Waals surface area contributed by atoms with Crippen LogP contribution in [0.1, 0.15) is 12.5 Å². The zero-order valence-corrected chi connectivity index (χ0v) is 15.9. The predicted octanol–water partition coefficient (Wildman–Crippen LogP) is 4.67. The number of para-hydroxylation sites is 1. The molecule has 0 saturated carbocycles. The van der Waals surface area contributed by atoms with Gasteiger partial charge in [0.25, 0.3) is 0 Å². The Hall–Kier alpha value is -2.73. The summed E-state index contributed by atoms with van der Waals surface area (Å²) in [7, 11) is 3.11. The Labute approximate surface area is 156 Å². The van der Waals surface area contributed by atoms with E-state index in [1.807, 2.05) is 19.1 Å². The maximum atomic E-state index is 12.4. The Balaban J connectivity index is 1.65. The van der Waals surface area contributed by atoms with Crippen molar-refractivity contribution in [1.82, 2.24) is 5.32 Å². The minimum absolute atomic E-state index is 0.00962. The van der Waals surface area contributed by atoms with E-state index < -0.39 is 0 Å². The molecule has 0 radical (unpaired) electrons. The molecular formula is C20H22N2O3S. The molecule has 26 heavy (non-hydrogen) atoms. The minimum Gasteiger partial charge on any atom is -0.493 e. The van der Waals surface area contributed by atoms with Crippen LogP contribution in [0, 0.1) is 0 Å². The van der Waals surface area contributed by atoms with Crippen LogP contribution in [0.2, 0.25) is 0 Å². The number of methoxy groups -OCH3 is 2. The fraction of sp³-hybridized carbons (Fsp3) is 0.250. The summed E-state index contributed by atoms with van der Waals surface area (Å²) in [6.07, 6.45) is 0.771. The predicted molar refractivity (Wildman–Crippen MR) is 107 cm³/mol. The minimum atomic E-state index is -0.274. The average molecular weight is 370 g/mol. The van der Waals surface area contributed by atoms with Crippen LogP contribution < -0.4 is 20.1 Å². The molecule has 0 saturated heterocycles. The lowest BCUT2D eigenvalue weighted by Crippen LogP contribution is -2.37. The van der Waals surface area contributed by atoms with Crippen LogP contribution in [0.4, 0.5) is 10.5 Å². The number of carbonyl (C=O) groups excluding carboxylic acids is 1. The number of carbonyl (C=O) groups is 1. The molecule has 0 aliphatic heterocycles. The number of hydrogen-bond acceptors (Lipinski definition) is 4. The van der Waals surface area contributed by atoms with Crippen molar-refractivity contribution in [2.45, 2.75) is 19.4 Å². The van der Waals surface area contributed by atoms with Gasteiger partial charge in [-0.3, -0.25) is 0 Å². The van der Waals surface area contributed by atoms with Gasteiger partial charge < -0.3 is 20.1 Å². The molecule has 0 fully saturated rings. The van der Waals surface area contributed by atoms with E-state index in [1.54, 1.807) is 43.8 Å². The first kappa shape index (κ1) is 18.1. The van der Waals surface area contributed by atoms with Crippen LogP contribution in [0.25, 0.3) is 10.1 Å². The van der Waals surface area contributed by atoms with E-state index in [0.29, 0.717) is 17.2 Å². The van der Waals surface area contributed by atoms with Crippen LogP contribution in [-0.4, -0.2) is 26.3 Å². The number of ether oxygens (including phenoxy) is 2. The first-order chi connectivity index (χ1) is 12.6. The van der Waals surface area contributed by atoms with E-state index in [4.69, 9.17) is 9.47 Å². The highest BCUT2D eigenvalue weighted by molar-refractivity contribution is 7.17. The van der Waals surface area contributed by atoms with Crippen LogP contribution in [0.3, 0.4) is 0 Å². The molecule has 2 aromatic carbocycles. The lowest BCUT2D eigenvalue weighted by atomic mass is 10.1. The summed E-state index contributed by atoms with van der Waals surface area (Å²) in [6, 6.07) is 13.4. The Bertz CT molecular complexity index is 907. The molecule has 5 nitrogen and oxygen atoms in total. The Morgan fingerprint density at radius 1 is 1.12 bits per heavy atom. The number of thiophene rings is 1. The Morgan fingerprint density at radius 3 is 2.69 bits per heavy atom. The van der Waals surface area contributed by atoms with Gasteiger partial charge in [0, 0.05) is 10.7 Å². The van der Waals surface area contributed by atoms with Gasteiger partial charge in [-0.2, -0.15) is 0 Å². The molecule has 1 atom stereocenters. The zero-order valence-electron chi connectivity index (χ0n) is 15.0. The largest absolute Gasteiger partial charge is 0.493 e. The van der Waals surface area contributed by atoms with Gasteiger partial charge >= 0.3 is 6.03 Å². The normalized spacial score (nSPS) is 11.8. The maximum absolute atomic E-state index is 12.4. The number of urea groups is 1. The second-order valence-corrected chi connectivity index (χ2v) is 6.91. The van der Waals surface area contributed by atoms with Gasteiger partial charge in [0.05, 0.1) is 19.9 Å². The molecule has 2 N–H and O–H groups in total. The molecule has 0 bridgehead atoms. The Kier molecular flexibility index (Phi) is 5.63. The van der Waals surface area contributed by atoms with E-state index in [0.717, 1.165) is 6.42 Å². The fourth-order valence-corrected chi connectivity index (χ4v) is 3.92. The number of amides is 2. The highest BCUT2D eigenvalue weighted by Gasteiger charge is 2.15. The third-order valence-corrected chi connectivity index (χ3v) is 5.13. The molecule has 136 valence electrons. The van der Waals surface area contributed by atoms with E-state index in [2.05, 4.69) is 28.1 Å². The van der Waals surface area contributed by atoms with Crippen molar-refractivity contribution in [3.8, 4) is 11.5 Å². The smallest absolute Gasteiger partial charge is 0.319 e. The number of rotatable bonds is 6. The van der Waals surface area contributed by atoms with Crippen LogP contribution in [-0.2, 0) is 6.42 Å². The average Bonchev–Trinajstić information content (AvgIpc) is 3.04. The monoisotopic (exact) mass is 370 g/mol. The van der Waals surface area contributed by atoms with Crippen molar-refractivity contribution in [1.29, 1.82) is 0 Å². The summed E-state index contributed by atoms with van der Waals surface area (Å²) >= 11 is 1.73. The topological polar surface area (TPSA) is 59.6 Å². The summed E-state index contributed by atoms with van der Waals surface area (Å²) < 4.78 is 11.9. The summed E-state index contributed by atoms with van der Waals surface area (Å²) in [6.45, 7) is 1.99. The van der Waals surface area contributed by atoms with Crippen molar-refractivity contribution in [2.75, 3.05) is 19.5 Å². The van der Waals surface area contributed by atoms with Gasteiger partial charge in [-0.25, -0.2) is 4.79 Å². The highest BCUT2D eigenvalue weighted by atomic mass is 32.1. The highest BCUT2D eigenvalue weighted by Crippen LogP contribution is 2.34. The van der Waals surface area contributed by atoms with Gasteiger partial charge in [-0.15, -0.1) is 11.3 Å². The summed E-state index contributed by atoms with van der Waals surface area (Å²) in [5.74, 6) is 1.07. The summed E-state index contributed by atoms with van der Waals surface area (Å²) in [5.41, 5.74) is 1.81. The molecule has 0 unspecified atom stereocenters. The molecule has 1 heterocycles. The number of nitrogens with one attached hydrogen (secondary N) is 2. The van der Waals surface area contributed by atoms with E-state index >= 15 is 0 Å². The number of fused-ring (bicyclic) bond motifs is 1. The van der Waals surface area contributed by atoms with Gasteiger partial charge in [-0.05, 0) is 47.9 Å². The SMILES string of the molecule is COc1cccc(NC(=O)N[C@H](C)Cc2csc3ccccc23)c1OC. The standard InChI is InChI=1S/C20H22N2O3S/c1-13(11-14-12-26-18-10-5-4-7-15(14)18)21-20(23)22-16-8-6-9-17(24-2)19(16)25-3/h4-10,12-13H,11H2,1-3H3,(H2,21,22,23)/t13-/m1/s1. The molecule has 0 aliphatic rings.